The molecule has 7 N–H and O–H groups in total. The van der Waals surface area contributed by atoms with Crippen LogP contribution in [0.4, 0.5) is 0 Å². The molecule has 0 aliphatic carbocycles. The maximum absolute atomic E-state index is 9.93. The molecule has 22 heavy (non-hydrogen) atoms. The third-order valence-electron chi connectivity index (χ3n) is 3.94. The van der Waals surface area contributed by atoms with Gasteiger partial charge in [-0.25, -0.2) is 0 Å². The van der Waals surface area contributed by atoms with E-state index in [-0.39, 0.29) is 0 Å². The quantitative estimate of drug-likeness (QED) is 0.269. The summed E-state index contributed by atoms with van der Waals surface area (Å²) in [5.41, 5.74) is 0. The lowest BCUT2D eigenvalue weighted by molar-refractivity contribution is -0.358. The van der Waals surface area contributed by atoms with E-state index in [0.29, 0.717) is 0 Å². The van der Waals surface area contributed by atoms with E-state index in [1.54, 1.807) is 0 Å². The van der Waals surface area contributed by atoms with Crippen LogP contribution in [-0.2, 0) is 14.2 Å². The zero-order valence-electron chi connectivity index (χ0n) is 11.8. The van der Waals surface area contributed by atoms with Crippen LogP contribution >= 0.6 is 0 Å². The molecule has 0 bridgehead atoms. The number of ether oxygens (including phenoxy) is 3. The van der Waals surface area contributed by atoms with Gasteiger partial charge < -0.3 is 50.0 Å². The molecule has 0 amide bonds. The summed E-state index contributed by atoms with van der Waals surface area (Å²) in [6, 6.07) is 0. The fraction of sp³-hybridized carbons (Fsp3) is 1.00. The molecule has 10 nitrogen and oxygen atoms in total. The highest BCUT2D eigenvalue weighted by molar-refractivity contribution is 4.92. The van der Waals surface area contributed by atoms with E-state index in [0.717, 1.165) is 0 Å². The Labute approximate surface area is 126 Å². The molecule has 2 rings (SSSR count). The Morgan fingerprint density at radius 1 is 0.818 bits per heavy atom. The first kappa shape index (κ1) is 17.9. The Bertz CT molecular complexity index is 368. The minimum atomic E-state index is -1.69. The van der Waals surface area contributed by atoms with E-state index in [4.69, 9.17) is 19.3 Å². The smallest absolute Gasteiger partial charge is 0.187 e. The molecule has 2 heterocycles. The van der Waals surface area contributed by atoms with Crippen molar-refractivity contribution in [2.45, 2.75) is 68.3 Å². The van der Waals surface area contributed by atoms with Gasteiger partial charge in [-0.15, -0.1) is 0 Å². The number of rotatable bonds is 3. The topological polar surface area (TPSA) is 169 Å². The Kier molecular flexibility index (Phi) is 5.72. The molecule has 0 spiro atoms. The molecule has 0 aromatic carbocycles. The van der Waals surface area contributed by atoms with Crippen LogP contribution in [0.3, 0.4) is 0 Å². The molecule has 0 aromatic heterocycles. The fourth-order valence-electron chi connectivity index (χ4n) is 2.50. The molecular weight excluding hydrogens is 304 g/mol. The van der Waals surface area contributed by atoms with Crippen LogP contribution in [0, 0.1) is 0 Å². The fourth-order valence-corrected chi connectivity index (χ4v) is 2.50. The van der Waals surface area contributed by atoms with Crippen LogP contribution in [0.1, 0.15) is 6.92 Å². The van der Waals surface area contributed by atoms with Crippen LogP contribution in [-0.4, -0.2) is 104 Å². The highest BCUT2D eigenvalue weighted by atomic mass is 16.7. The van der Waals surface area contributed by atoms with Gasteiger partial charge in [0.2, 0.25) is 0 Å². The summed E-state index contributed by atoms with van der Waals surface area (Å²) in [4.78, 5) is 0. The van der Waals surface area contributed by atoms with Gasteiger partial charge in [0.05, 0.1) is 12.7 Å². The number of hydrogen-bond acceptors (Lipinski definition) is 10. The van der Waals surface area contributed by atoms with Gasteiger partial charge in [0, 0.05) is 0 Å². The summed E-state index contributed by atoms with van der Waals surface area (Å²) in [5.74, 6) is 0. The molecule has 0 saturated carbocycles. The first-order chi connectivity index (χ1) is 10.3. The van der Waals surface area contributed by atoms with Crippen LogP contribution in [0.25, 0.3) is 0 Å². The van der Waals surface area contributed by atoms with E-state index in [9.17, 15) is 30.6 Å². The second-order valence-corrected chi connectivity index (χ2v) is 5.51. The second kappa shape index (κ2) is 7.01. The maximum Gasteiger partial charge on any atom is 0.187 e. The van der Waals surface area contributed by atoms with E-state index in [1.807, 2.05) is 0 Å². The predicted molar refractivity (Wildman–Crippen MR) is 67.2 cm³/mol. The Morgan fingerprint density at radius 3 is 2.05 bits per heavy atom. The van der Waals surface area contributed by atoms with Crippen molar-refractivity contribution in [3.05, 3.63) is 0 Å². The molecule has 2 aliphatic rings. The van der Waals surface area contributed by atoms with E-state index >= 15 is 0 Å². The van der Waals surface area contributed by atoms with E-state index < -0.39 is 68.0 Å². The van der Waals surface area contributed by atoms with Crippen molar-refractivity contribution in [1.29, 1.82) is 0 Å². The van der Waals surface area contributed by atoms with Crippen molar-refractivity contribution in [3.63, 3.8) is 0 Å². The Hall–Kier alpha value is -0.400. The highest BCUT2D eigenvalue weighted by Crippen LogP contribution is 2.28. The van der Waals surface area contributed by atoms with Crippen molar-refractivity contribution in [3.8, 4) is 0 Å². The first-order valence-corrected chi connectivity index (χ1v) is 6.93. The molecule has 0 aromatic rings. The normalized spacial score (nSPS) is 53.5. The van der Waals surface area contributed by atoms with Gasteiger partial charge in [0.1, 0.15) is 42.7 Å². The molecule has 2 aliphatic heterocycles. The van der Waals surface area contributed by atoms with Crippen LogP contribution in [0.15, 0.2) is 0 Å². The van der Waals surface area contributed by atoms with Gasteiger partial charge in [-0.1, -0.05) is 0 Å². The van der Waals surface area contributed by atoms with Crippen LogP contribution in [0.5, 0.6) is 0 Å². The monoisotopic (exact) mass is 326 g/mol. The SMILES string of the molecule is C[C@H]1O[C@@H](O[C@H]2C(O)O[C@H](CO)[C@H](O)[C@@H]2O)[C@H](O)[C@@H](O)[C@H]1O. The zero-order chi connectivity index (χ0) is 16.6. The molecule has 130 valence electrons. The van der Waals surface area contributed by atoms with E-state index in [2.05, 4.69) is 0 Å². The molecule has 0 radical (unpaired) electrons. The summed E-state index contributed by atoms with van der Waals surface area (Å²) in [6.07, 6.45) is -14.3. The van der Waals surface area contributed by atoms with Crippen molar-refractivity contribution < 1.29 is 50.0 Å². The molecule has 2 saturated heterocycles. The summed E-state index contributed by atoms with van der Waals surface area (Å²) in [5, 5.41) is 67.5. The molecule has 10 heteroatoms. The predicted octanol–water partition coefficient (Wildman–Crippen LogP) is -4.37. The van der Waals surface area contributed by atoms with Gasteiger partial charge in [0.15, 0.2) is 12.6 Å². The largest absolute Gasteiger partial charge is 0.394 e. The van der Waals surface area contributed by atoms with Gasteiger partial charge >= 0.3 is 0 Å². The summed E-state index contributed by atoms with van der Waals surface area (Å²) in [7, 11) is 0. The second-order valence-electron chi connectivity index (χ2n) is 5.51. The van der Waals surface area contributed by atoms with Crippen molar-refractivity contribution in [1.82, 2.24) is 0 Å². The van der Waals surface area contributed by atoms with Crippen molar-refractivity contribution in [2.75, 3.05) is 6.61 Å². The van der Waals surface area contributed by atoms with Gasteiger partial charge in [-0.05, 0) is 6.92 Å². The Morgan fingerprint density at radius 2 is 1.45 bits per heavy atom. The summed E-state index contributed by atoms with van der Waals surface area (Å²) in [6.45, 7) is 0.823. The summed E-state index contributed by atoms with van der Waals surface area (Å²) >= 11 is 0. The third kappa shape index (κ3) is 3.26. The Balaban J connectivity index is 2.06. The minimum absolute atomic E-state index is 0.619. The number of hydrogen-bond donors (Lipinski definition) is 7. The maximum atomic E-state index is 9.93. The third-order valence-corrected chi connectivity index (χ3v) is 3.94. The lowest BCUT2D eigenvalue weighted by atomic mass is 9.97. The van der Waals surface area contributed by atoms with Gasteiger partial charge in [-0.3, -0.25) is 0 Å². The van der Waals surface area contributed by atoms with Crippen LogP contribution in [0.2, 0.25) is 0 Å². The summed E-state index contributed by atoms with van der Waals surface area (Å²) < 4.78 is 15.3. The highest BCUT2D eigenvalue weighted by Gasteiger charge is 2.49. The number of aliphatic hydroxyl groups is 7. The van der Waals surface area contributed by atoms with Crippen molar-refractivity contribution >= 4 is 0 Å². The molecular formula is C12H22O10. The average Bonchev–Trinajstić information content (AvgIpc) is 2.49. The van der Waals surface area contributed by atoms with Gasteiger partial charge in [-0.2, -0.15) is 0 Å². The molecule has 10 atom stereocenters. The lowest BCUT2D eigenvalue weighted by Gasteiger charge is -2.44. The molecule has 2 fully saturated rings. The standard InChI is InChI=1S/C12H22O10/c1-3-5(14)7(16)9(18)12(20-3)22-10-8(17)6(15)4(2-13)21-11(10)19/h3-19H,2H2,1H3/t3-,4-,5+,6+,7+,8+,9-,10-,11?,12+/m1/s1. The zero-order valence-corrected chi connectivity index (χ0v) is 11.8. The number of aliphatic hydroxyl groups excluding tert-OH is 7. The molecule has 1 unspecified atom stereocenters. The average molecular weight is 326 g/mol. The lowest BCUT2D eigenvalue weighted by Crippen LogP contribution is -2.63. The minimum Gasteiger partial charge on any atom is -0.394 e. The first-order valence-electron chi connectivity index (χ1n) is 6.93. The van der Waals surface area contributed by atoms with E-state index in [1.165, 1.54) is 6.92 Å². The van der Waals surface area contributed by atoms with Crippen LogP contribution < -0.4 is 0 Å². The van der Waals surface area contributed by atoms with Gasteiger partial charge in [0.25, 0.3) is 0 Å². The van der Waals surface area contributed by atoms with Crippen molar-refractivity contribution in [2.24, 2.45) is 0 Å².